The van der Waals surface area contributed by atoms with Gasteiger partial charge in [0.05, 0.1) is 29.2 Å². The number of carbonyl (C=O) groups excluding carboxylic acids is 1. The average molecular weight is 431 g/mol. The number of rotatable bonds is 7. The van der Waals surface area contributed by atoms with Gasteiger partial charge in [0, 0.05) is 36.7 Å². The molecule has 1 amide bonds. The molecule has 2 aromatic heterocycles. The molecule has 32 heavy (non-hydrogen) atoms. The molecule has 8 heteroatoms. The Morgan fingerprint density at radius 3 is 2.44 bits per heavy atom. The number of nitrogens with one attached hydrogen (secondary N) is 1. The zero-order valence-electron chi connectivity index (χ0n) is 18.1. The summed E-state index contributed by atoms with van der Waals surface area (Å²) in [6.45, 7) is 2.26. The van der Waals surface area contributed by atoms with Crippen molar-refractivity contribution < 1.29 is 4.79 Å². The molecule has 4 aromatic rings. The van der Waals surface area contributed by atoms with Crippen molar-refractivity contribution in [2.75, 3.05) is 0 Å². The van der Waals surface area contributed by atoms with E-state index in [9.17, 15) is 14.4 Å². The maximum absolute atomic E-state index is 12.7. The standard InChI is InChI=1S/C24H25N5O3/c1-3-17(15-29-24(32)18-9-5-4-8-16(18)14-25-29)26-22(30)13-12-21-19-10-6-7-11-20(19)23(31)28(2)27-21/h4-11,14,17H,3,12-13,15H2,1-2H3,(H,26,30)/t17-/m1/s1. The molecule has 0 fully saturated rings. The minimum atomic E-state index is -0.223. The first-order chi connectivity index (χ1) is 15.5. The van der Waals surface area contributed by atoms with E-state index in [1.807, 2.05) is 43.3 Å². The molecule has 1 N–H and O–H groups in total. The lowest BCUT2D eigenvalue weighted by atomic mass is 10.1. The summed E-state index contributed by atoms with van der Waals surface area (Å²) in [6, 6.07) is 14.4. The van der Waals surface area contributed by atoms with E-state index < -0.39 is 0 Å². The van der Waals surface area contributed by atoms with E-state index in [1.165, 1.54) is 9.36 Å². The Hall–Kier alpha value is -3.81. The van der Waals surface area contributed by atoms with Gasteiger partial charge in [-0.15, -0.1) is 0 Å². The van der Waals surface area contributed by atoms with Crippen molar-refractivity contribution in [3.05, 3.63) is 81.1 Å². The Morgan fingerprint density at radius 1 is 1.00 bits per heavy atom. The van der Waals surface area contributed by atoms with E-state index >= 15 is 0 Å². The summed E-state index contributed by atoms with van der Waals surface area (Å²) in [5, 5.41) is 14.4. The van der Waals surface area contributed by atoms with E-state index in [2.05, 4.69) is 15.5 Å². The van der Waals surface area contributed by atoms with Crippen LogP contribution in [-0.4, -0.2) is 31.5 Å². The van der Waals surface area contributed by atoms with Gasteiger partial charge < -0.3 is 5.32 Å². The van der Waals surface area contributed by atoms with Gasteiger partial charge in [0.15, 0.2) is 0 Å². The summed E-state index contributed by atoms with van der Waals surface area (Å²) in [4.78, 5) is 37.6. The molecule has 0 aliphatic carbocycles. The van der Waals surface area contributed by atoms with Crippen LogP contribution in [0.25, 0.3) is 21.5 Å². The molecule has 8 nitrogen and oxygen atoms in total. The summed E-state index contributed by atoms with van der Waals surface area (Å²) in [5.41, 5.74) is 0.378. The van der Waals surface area contributed by atoms with Crippen LogP contribution in [0.2, 0.25) is 0 Å². The molecular weight excluding hydrogens is 406 g/mol. The van der Waals surface area contributed by atoms with Crippen molar-refractivity contribution in [1.82, 2.24) is 24.9 Å². The first-order valence-electron chi connectivity index (χ1n) is 10.7. The van der Waals surface area contributed by atoms with Crippen LogP contribution in [0.5, 0.6) is 0 Å². The summed E-state index contributed by atoms with van der Waals surface area (Å²) in [6.07, 6.45) is 2.96. The summed E-state index contributed by atoms with van der Waals surface area (Å²) in [7, 11) is 1.61. The number of carbonyl (C=O) groups is 1. The fourth-order valence-electron chi connectivity index (χ4n) is 3.84. The Balaban J connectivity index is 1.45. The van der Waals surface area contributed by atoms with Crippen molar-refractivity contribution >= 4 is 27.5 Å². The van der Waals surface area contributed by atoms with Crippen LogP contribution < -0.4 is 16.4 Å². The minimum Gasteiger partial charge on any atom is -0.352 e. The van der Waals surface area contributed by atoms with Crippen LogP contribution in [-0.2, 0) is 24.8 Å². The maximum atomic E-state index is 12.7. The highest BCUT2D eigenvalue weighted by atomic mass is 16.2. The van der Waals surface area contributed by atoms with Gasteiger partial charge in [0.1, 0.15) is 0 Å². The highest BCUT2D eigenvalue weighted by molar-refractivity contribution is 5.84. The Labute approximate surface area is 184 Å². The second-order valence-corrected chi connectivity index (χ2v) is 7.81. The SMILES string of the molecule is CC[C@H](Cn1ncc2ccccc2c1=O)NC(=O)CCc1nn(C)c(=O)c2ccccc12. The van der Waals surface area contributed by atoms with E-state index in [0.29, 0.717) is 35.9 Å². The zero-order chi connectivity index (χ0) is 22.7. The first kappa shape index (κ1) is 21.4. The molecule has 0 spiro atoms. The monoisotopic (exact) mass is 431 g/mol. The number of aryl methyl sites for hydroxylation is 2. The number of hydrogen-bond acceptors (Lipinski definition) is 5. The molecule has 0 bridgehead atoms. The van der Waals surface area contributed by atoms with Gasteiger partial charge in [-0.2, -0.15) is 10.2 Å². The number of benzene rings is 2. The van der Waals surface area contributed by atoms with E-state index in [4.69, 9.17) is 0 Å². The molecule has 2 heterocycles. The molecule has 0 saturated carbocycles. The number of aromatic nitrogens is 4. The van der Waals surface area contributed by atoms with E-state index in [1.54, 1.807) is 25.4 Å². The van der Waals surface area contributed by atoms with Gasteiger partial charge >= 0.3 is 0 Å². The molecule has 1 atom stereocenters. The largest absolute Gasteiger partial charge is 0.352 e. The highest BCUT2D eigenvalue weighted by Crippen LogP contribution is 2.14. The van der Waals surface area contributed by atoms with Crippen molar-refractivity contribution in [2.24, 2.45) is 7.05 Å². The smallest absolute Gasteiger partial charge is 0.274 e. The predicted molar refractivity (Wildman–Crippen MR) is 124 cm³/mol. The summed E-state index contributed by atoms with van der Waals surface area (Å²) >= 11 is 0. The van der Waals surface area contributed by atoms with Crippen LogP contribution >= 0.6 is 0 Å². The second-order valence-electron chi connectivity index (χ2n) is 7.81. The third-order valence-electron chi connectivity index (χ3n) is 5.63. The Bertz CT molecular complexity index is 1410. The van der Waals surface area contributed by atoms with Gasteiger partial charge in [0.2, 0.25) is 5.91 Å². The van der Waals surface area contributed by atoms with Gasteiger partial charge in [-0.25, -0.2) is 9.36 Å². The zero-order valence-corrected chi connectivity index (χ0v) is 18.1. The lowest BCUT2D eigenvalue weighted by Crippen LogP contribution is -2.40. The molecule has 2 aromatic carbocycles. The van der Waals surface area contributed by atoms with Crippen molar-refractivity contribution in [2.45, 2.75) is 38.8 Å². The molecule has 0 unspecified atom stereocenters. The topological polar surface area (TPSA) is 98.9 Å². The number of hydrogen-bond donors (Lipinski definition) is 1. The Morgan fingerprint density at radius 2 is 1.69 bits per heavy atom. The molecule has 4 rings (SSSR count). The lowest BCUT2D eigenvalue weighted by molar-refractivity contribution is -0.121. The highest BCUT2D eigenvalue weighted by Gasteiger charge is 2.15. The summed E-state index contributed by atoms with van der Waals surface area (Å²) in [5.74, 6) is -0.134. The van der Waals surface area contributed by atoms with Crippen LogP contribution in [0, 0.1) is 0 Å². The van der Waals surface area contributed by atoms with Gasteiger partial charge in [-0.3, -0.25) is 14.4 Å². The molecule has 0 aliphatic rings. The number of nitrogens with zero attached hydrogens (tertiary/aromatic N) is 4. The van der Waals surface area contributed by atoms with Gasteiger partial charge in [0.25, 0.3) is 11.1 Å². The van der Waals surface area contributed by atoms with Crippen LogP contribution in [0.4, 0.5) is 0 Å². The van der Waals surface area contributed by atoms with Crippen LogP contribution in [0.3, 0.4) is 0 Å². The fraction of sp³-hybridized carbons (Fsp3) is 0.292. The Kier molecular flexibility index (Phi) is 6.11. The second kappa shape index (κ2) is 9.13. The first-order valence-corrected chi connectivity index (χ1v) is 10.7. The van der Waals surface area contributed by atoms with E-state index in [-0.39, 0.29) is 29.5 Å². The maximum Gasteiger partial charge on any atom is 0.274 e. The van der Waals surface area contributed by atoms with E-state index in [0.717, 1.165) is 10.8 Å². The van der Waals surface area contributed by atoms with Gasteiger partial charge in [-0.05, 0) is 18.6 Å². The quantitative estimate of drug-likeness (QED) is 0.484. The summed E-state index contributed by atoms with van der Waals surface area (Å²) < 4.78 is 2.71. The van der Waals surface area contributed by atoms with Gasteiger partial charge in [-0.1, -0.05) is 43.3 Å². The van der Waals surface area contributed by atoms with Crippen LogP contribution in [0.1, 0.15) is 25.5 Å². The molecule has 164 valence electrons. The fourth-order valence-corrected chi connectivity index (χ4v) is 3.84. The minimum absolute atomic E-state index is 0.134. The molecule has 0 saturated heterocycles. The average Bonchev–Trinajstić information content (AvgIpc) is 2.82. The number of fused-ring (bicyclic) bond motifs is 2. The third-order valence-corrected chi connectivity index (χ3v) is 5.63. The van der Waals surface area contributed by atoms with Crippen LogP contribution in [0.15, 0.2) is 64.3 Å². The molecule has 0 aliphatic heterocycles. The van der Waals surface area contributed by atoms with Crippen molar-refractivity contribution in [3.8, 4) is 0 Å². The van der Waals surface area contributed by atoms with Crippen molar-refractivity contribution in [1.29, 1.82) is 0 Å². The molecular formula is C24H25N5O3. The lowest BCUT2D eigenvalue weighted by Gasteiger charge is -2.18. The van der Waals surface area contributed by atoms with Crippen molar-refractivity contribution in [3.63, 3.8) is 0 Å². The number of amides is 1. The third kappa shape index (κ3) is 4.30. The predicted octanol–water partition coefficient (Wildman–Crippen LogP) is 2.17. The normalized spacial score (nSPS) is 12.2. The molecule has 0 radical (unpaired) electrons.